The normalized spacial score (nSPS) is 11.8. The molecule has 1 aromatic carbocycles. The first-order chi connectivity index (χ1) is 11.4. The van der Waals surface area contributed by atoms with Crippen LogP contribution >= 0.6 is 11.3 Å². The van der Waals surface area contributed by atoms with Crippen LogP contribution in [-0.4, -0.2) is 23.5 Å². The number of carbonyl (C=O) groups is 2. The fraction of sp³-hybridized carbons (Fsp3) is 0.333. The van der Waals surface area contributed by atoms with Gasteiger partial charge < -0.3 is 15.7 Å². The van der Waals surface area contributed by atoms with Crippen molar-refractivity contribution in [3.05, 3.63) is 51.2 Å². The highest BCUT2D eigenvalue weighted by Crippen LogP contribution is 2.22. The maximum Gasteiger partial charge on any atom is 0.313 e. The van der Waals surface area contributed by atoms with E-state index in [0.717, 1.165) is 22.3 Å². The molecular formula is C18H22N2O3S. The lowest BCUT2D eigenvalue weighted by Gasteiger charge is -2.13. The van der Waals surface area contributed by atoms with Crippen molar-refractivity contribution in [1.82, 2.24) is 5.32 Å². The van der Waals surface area contributed by atoms with Gasteiger partial charge >= 0.3 is 11.8 Å². The van der Waals surface area contributed by atoms with E-state index in [-0.39, 0.29) is 6.54 Å². The summed E-state index contributed by atoms with van der Waals surface area (Å²) in [5.74, 6) is -1.40. The predicted molar refractivity (Wildman–Crippen MR) is 96.2 cm³/mol. The summed E-state index contributed by atoms with van der Waals surface area (Å²) in [5, 5.41) is 18.9. The maximum absolute atomic E-state index is 12.0. The van der Waals surface area contributed by atoms with Crippen LogP contribution in [0.3, 0.4) is 0 Å². The molecule has 2 amide bonds. The summed E-state index contributed by atoms with van der Waals surface area (Å²) in [4.78, 5) is 23.9. The van der Waals surface area contributed by atoms with Crippen LogP contribution in [0, 0.1) is 20.8 Å². The fourth-order valence-electron chi connectivity index (χ4n) is 2.58. The van der Waals surface area contributed by atoms with Gasteiger partial charge in [0, 0.05) is 12.2 Å². The van der Waals surface area contributed by atoms with Gasteiger partial charge in [-0.1, -0.05) is 17.7 Å². The molecule has 5 nitrogen and oxygen atoms in total. The second-order valence-electron chi connectivity index (χ2n) is 5.84. The zero-order valence-corrected chi connectivity index (χ0v) is 14.9. The molecule has 0 saturated heterocycles. The highest BCUT2D eigenvalue weighted by atomic mass is 32.1. The molecule has 1 heterocycles. The third kappa shape index (κ3) is 4.66. The quantitative estimate of drug-likeness (QED) is 0.729. The molecule has 0 fully saturated rings. The van der Waals surface area contributed by atoms with Crippen LogP contribution < -0.4 is 10.6 Å². The lowest BCUT2D eigenvalue weighted by Crippen LogP contribution is -2.36. The summed E-state index contributed by atoms with van der Waals surface area (Å²) >= 11 is 1.51. The minimum Gasteiger partial charge on any atom is -0.388 e. The molecule has 0 aliphatic rings. The first-order valence-corrected chi connectivity index (χ1v) is 8.70. The van der Waals surface area contributed by atoms with E-state index in [1.807, 2.05) is 49.7 Å². The van der Waals surface area contributed by atoms with Crippen molar-refractivity contribution >= 4 is 28.8 Å². The number of amides is 2. The molecule has 0 aliphatic heterocycles. The summed E-state index contributed by atoms with van der Waals surface area (Å²) in [7, 11) is 0. The molecule has 2 rings (SSSR count). The van der Waals surface area contributed by atoms with E-state index < -0.39 is 17.9 Å². The van der Waals surface area contributed by atoms with Gasteiger partial charge in [0.1, 0.15) is 0 Å². The van der Waals surface area contributed by atoms with Crippen molar-refractivity contribution in [3.8, 4) is 0 Å². The van der Waals surface area contributed by atoms with Crippen LogP contribution in [0.4, 0.5) is 5.69 Å². The molecule has 6 heteroatoms. The standard InChI is InChI=1S/C18H22N2O3S/c1-11-8-12(2)16(13(3)9-11)20-18(23)17(22)19-6-4-15(21)14-5-7-24-10-14/h5,7-10,15,21H,4,6H2,1-3H3,(H,19,22)(H,20,23). The monoisotopic (exact) mass is 346 g/mol. The Labute approximate surface area is 145 Å². The van der Waals surface area contributed by atoms with E-state index in [1.165, 1.54) is 11.3 Å². The van der Waals surface area contributed by atoms with Gasteiger partial charge in [-0.25, -0.2) is 0 Å². The number of thiophene rings is 1. The third-order valence-corrected chi connectivity index (χ3v) is 4.45. The zero-order chi connectivity index (χ0) is 17.7. The number of hydrogen-bond donors (Lipinski definition) is 3. The number of anilines is 1. The van der Waals surface area contributed by atoms with Crippen molar-refractivity contribution in [1.29, 1.82) is 0 Å². The highest BCUT2D eigenvalue weighted by Gasteiger charge is 2.16. The summed E-state index contributed by atoms with van der Waals surface area (Å²) in [5.41, 5.74) is 4.43. The van der Waals surface area contributed by atoms with E-state index in [9.17, 15) is 14.7 Å². The highest BCUT2D eigenvalue weighted by molar-refractivity contribution is 7.07. The second-order valence-corrected chi connectivity index (χ2v) is 6.62. The van der Waals surface area contributed by atoms with E-state index in [2.05, 4.69) is 10.6 Å². The molecule has 0 radical (unpaired) electrons. The van der Waals surface area contributed by atoms with Crippen LogP contribution in [0.2, 0.25) is 0 Å². The minimum absolute atomic E-state index is 0.231. The first-order valence-electron chi connectivity index (χ1n) is 7.75. The fourth-order valence-corrected chi connectivity index (χ4v) is 3.29. The Kier molecular flexibility index (Phi) is 6.11. The van der Waals surface area contributed by atoms with Crippen LogP contribution in [-0.2, 0) is 9.59 Å². The Morgan fingerprint density at radius 2 is 1.83 bits per heavy atom. The van der Waals surface area contributed by atoms with Gasteiger partial charge in [-0.15, -0.1) is 0 Å². The molecule has 0 bridgehead atoms. The van der Waals surface area contributed by atoms with Crippen LogP contribution in [0.1, 0.15) is 34.8 Å². The van der Waals surface area contributed by atoms with Gasteiger partial charge in [0.25, 0.3) is 0 Å². The number of rotatable bonds is 5. The number of aryl methyl sites for hydroxylation is 3. The molecule has 0 aliphatic carbocycles. The lowest BCUT2D eigenvalue weighted by atomic mass is 10.1. The van der Waals surface area contributed by atoms with Gasteiger partial charge in [-0.2, -0.15) is 11.3 Å². The minimum atomic E-state index is -0.702. The van der Waals surface area contributed by atoms with E-state index in [1.54, 1.807) is 0 Å². The van der Waals surface area contributed by atoms with Crippen molar-refractivity contribution in [3.63, 3.8) is 0 Å². The summed E-state index contributed by atoms with van der Waals surface area (Å²) in [6.07, 6.45) is -0.278. The number of benzene rings is 1. The topological polar surface area (TPSA) is 78.4 Å². The Morgan fingerprint density at radius 3 is 2.42 bits per heavy atom. The summed E-state index contributed by atoms with van der Waals surface area (Å²) < 4.78 is 0. The third-order valence-electron chi connectivity index (χ3n) is 3.75. The molecule has 1 atom stereocenters. The van der Waals surface area contributed by atoms with Crippen molar-refractivity contribution < 1.29 is 14.7 Å². The number of aliphatic hydroxyl groups excluding tert-OH is 1. The SMILES string of the molecule is Cc1cc(C)c(NC(=O)C(=O)NCCC(O)c2ccsc2)c(C)c1. The molecular weight excluding hydrogens is 324 g/mol. The molecule has 1 aromatic heterocycles. The molecule has 24 heavy (non-hydrogen) atoms. The van der Waals surface area contributed by atoms with Gasteiger partial charge in [0.2, 0.25) is 0 Å². The number of aliphatic hydroxyl groups is 1. The molecule has 3 N–H and O–H groups in total. The van der Waals surface area contributed by atoms with Gasteiger partial charge in [0.05, 0.1) is 6.10 Å². The Morgan fingerprint density at radius 1 is 1.17 bits per heavy atom. The summed E-state index contributed by atoms with van der Waals surface area (Å²) in [6, 6.07) is 5.75. The van der Waals surface area contributed by atoms with Gasteiger partial charge in [0.15, 0.2) is 0 Å². The van der Waals surface area contributed by atoms with E-state index in [4.69, 9.17) is 0 Å². The second kappa shape index (κ2) is 8.08. The van der Waals surface area contributed by atoms with Crippen molar-refractivity contribution in [2.45, 2.75) is 33.3 Å². The number of nitrogens with one attached hydrogen (secondary N) is 2. The maximum atomic E-state index is 12.0. The Balaban J connectivity index is 1.86. The van der Waals surface area contributed by atoms with Crippen LogP contribution in [0.5, 0.6) is 0 Å². The lowest BCUT2D eigenvalue weighted by molar-refractivity contribution is -0.136. The van der Waals surface area contributed by atoms with Gasteiger partial charge in [-0.05, 0) is 60.7 Å². The molecule has 0 saturated carbocycles. The molecule has 2 aromatic rings. The van der Waals surface area contributed by atoms with E-state index >= 15 is 0 Å². The van der Waals surface area contributed by atoms with E-state index in [0.29, 0.717) is 12.1 Å². The van der Waals surface area contributed by atoms with Crippen LogP contribution in [0.25, 0.3) is 0 Å². The number of hydrogen-bond acceptors (Lipinski definition) is 4. The average molecular weight is 346 g/mol. The van der Waals surface area contributed by atoms with Crippen molar-refractivity contribution in [2.24, 2.45) is 0 Å². The van der Waals surface area contributed by atoms with Crippen molar-refractivity contribution in [2.75, 3.05) is 11.9 Å². The number of carbonyl (C=O) groups excluding carboxylic acids is 2. The first kappa shape index (κ1) is 18.2. The van der Waals surface area contributed by atoms with Gasteiger partial charge in [-0.3, -0.25) is 9.59 Å². The van der Waals surface area contributed by atoms with Crippen LogP contribution in [0.15, 0.2) is 29.0 Å². The average Bonchev–Trinajstić information content (AvgIpc) is 3.04. The Hall–Kier alpha value is -2.18. The molecule has 0 spiro atoms. The zero-order valence-electron chi connectivity index (χ0n) is 14.1. The largest absolute Gasteiger partial charge is 0.388 e. The molecule has 1 unspecified atom stereocenters. The smallest absolute Gasteiger partial charge is 0.313 e. The predicted octanol–water partition coefficient (Wildman–Crippen LogP) is 2.85. The summed E-state index contributed by atoms with van der Waals surface area (Å²) in [6.45, 7) is 6.00. The Bertz CT molecular complexity index is 703. The molecule has 128 valence electrons.